The summed E-state index contributed by atoms with van der Waals surface area (Å²) >= 11 is 0. The van der Waals surface area contributed by atoms with Crippen LogP contribution in [0, 0.1) is 22.7 Å². The minimum atomic E-state index is -0.882. The highest BCUT2D eigenvalue weighted by Crippen LogP contribution is 2.24. The third-order valence-electron chi connectivity index (χ3n) is 5.91. The third kappa shape index (κ3) is 14.7. The van der Waals surface area contributed by atoms with Crippen LogP contribution in [0.4, 0.5) is 0 Å². The molecule has 10 heteroatoms. The van der Waals surface area contributed by atoms with E-state index in [9.17, 15) is 19.2 Å². The number of carbonyl (C=O) groups is 4. The van der Waals surface area contributed by atoms with Gasteiger partial charge in [-0.05, 0) is 81.1 Å². The van der Waals surface area contributed by atoms with Crippen molar-refractivity contribution in [2.45, 2.75) is 92.3 Å². The summed E-state index contributed by atoms with van der Waals surface area (Å²) < 4.78 is 11.5. The fourth-order valence-electron chi connectivity index (χ4n) is 2.68. The maximum Gasteiger partial charge on any atom is 0.309 e. The number of hydrogen-bond acceptors (Lipinski definition) is 6. The lowest BCUT2D eigenvalue weighted by atomic mass is 9.90. The smallest absolute Gasteiger partial charge is 0.309 e. The van der Waals surface area contributed by atoms with Crippen molar-refractivity contribution in [3.63, 3.8) is 0 Å². The molecule has 0 fully saturated rings. The number of carbonyl (C=O) groups excluding carboxylic acids is 2. The van der Waals surface area contributed by atoms with E-state index in [0.717, 1.165) is 0 Å². The van der Waals surface area contributed by atoms with Crippen molar-refractivity contribution in [3.05, 3.63) is 0 Å². The molecule has 0 aliphatic carbocycles. The Morgan fingerprint density at radius 1 is 0.611 bits per heavy atom. The minimum absolute atomic E-state index is 0.280. The van der Waals surface area contributed by atoms with Crippen LogP contribution in [0.5, 0.6) is 0 Å². The molecule has 0 heterocycles. The molecule has 0 atom stereocenters. The largest absolute Gasteiger partial charge is 0.481 e. The Balaban J connectivity index is 4.27. The Morgan fingerprint density at radius 2 is 0.917 bits per heavy atom. The molecule has 2 amide bonds. The van der Waals surface area contributed by atoms with Gasteiger partial charge in [0.25, 0.3) is 11.8 Å². The predicted molar refractivity (Wildman–Crippen MR) is 135 cm³/mol. The second-order valence-electron chi connectivity index (χ2n) is 11.4. The van der Waals surface area contributed by atoms with E-state index >= 15 is 0 Å². The molecule has 4 N–H and O–H groups in total. The second-order valence-corrected chi connectivity index (χ2v) is 11.4. The van der Waals surface area contributed by atoms with Gasteiger partial charge in [-0.25, -0.2) is 0 Å². The zero-order valence-electron chi connectivity index (χ0n) is 23.0. The Bertz CT molecular complexity index is 769. The number of carboxylic acid groups (broad SMARTS) is 2. The highest BCUT2D eigenvalue weighted by Gasteiger charge is 2.29. The lowest BCUT2D eigenvalue weighted by Crippen LogP contribution is -2.35. The van der Waals surface area contributed by atoms with Crippen molar-refractivity contribution < 1.29 is 38.9 Å². The summed E-state index contributed by atoms with van der Waals surface area (Å²) in [6.07, 6.45) is 1.70. The summed E-state index contributed by atoms with van der Waals surface area (Å²) in [6.45, 7) is 15.1. The van der Waals surface area contributed by atoms with Gasteiger partial charge >= 0.3 is 11.9 Å². The Labute approximate surface area is 214 Å². The summed E-state index contributed by atoms with van der Waals surface area (Å²) in [4.78, 5) is 46.1. The van der Waals surface area contributed by atoms with E-state index in [1.165, 1.54) is 0 Å². The zero-order valence-corrected chi connectivity index (χ0v) is 23.0. The van der Waals surface area contributed by atoms with E-state index in [1.807, 2.05) is 27.7 Å². The number of aliphatic carboxylic acids is 2. The zero-order chi connectivity index (χ0) is 28.2. The van der Waals surface area contributed by atoms with Crippen LogP contribution < -0.4 is 10.6 Å². The maximum absolute atomic E-state index is 11.9. The first-order chi connectivity index (χ1) is 16.3. The third-order valence-corrected chi connectivity index (χ3v) is 5.91. The van der Waals surface area contributed by atoms with E-state index in [1.54, 1.807) is 27.7 Å². The molecule has 0 aromatic heterocycles. The second kappa shape index (κ2) is 14.2. The fraction of sp³-hybridized carbons (Fsp3) is 0.769. The summed E-state index contributed by atoms with van der Waals surface area (Å²) in [7, 11) is 0. The highest BCUT2D eigenvalue weighted by atomic mass is 16.5. The molecular weight excluding hydrogens is 468 g/mol. The van der Waals surface area contributed by atoms with Gasteiger partial charge in [0.05, 0.1) is 22.0 Å². The van der Waals surface area contributed by atoms with Crippen molar-refractivity contribution >= 4 is 23.8 Å². The van der Waals surface area contributed by atoms with Crippen molar-refractivity contribution in [2.24, 2.45) is 10.8 Å². The van der Waals surface area contributed by atoms with Gasteiger partial charge in [-0.1, -0.05) is 0 Å². The van der Waals surface area contributed by atoms with Crippen LogP contribution in [0.3, 0.4) is 0 Å². The monoisotopic (exact) mass is 512 g/mol. The maximum atomic E-state index is 11.9. The molecule has 0 aromatic rings. The van der Waals surface area contributed by atoms with Gasteiger partial charge < -0.3 is 30.3 Å². The lowest BCUT2D eigenvalue weighted by molar-refractivity contribution is -0.149. The van der Waals surface area contributed by atoms with E-state index in [2.05, 4.69) is 22.5 Å². The SMILES string of the molecule is CC(C)(CCNC(=O)C#CC(=O)NCCC(C)(C)OCCC(C)(C)C(=O)O)OCCC(C)(C)C(=O)O. The van der Waals surface area contributed by atoms with E-state index in [4.69, 9.17) is 19.7 Å². The summed E-state index contributed by atoms with van der Waals surface area (Å²) in [5.41, 5.74) is -2.87. The van der Waals surface area contributed by atoms with Crippen LogP contribution in [-0.4, -0.2) is 71.5 Å². The first kappa shape index (κ1) is 33.4. The summed E-state index contributed by atoms with van der Waals surface area (Å²) in [5.74, 6) is 1.56. The molecule has 0 aliphatic heterocycles. The van der Waals surface area contributed by atoms with E-state index < -0.39 is 45.8 Å². The minimum Gasteiger partial charge on any atom is -0.481 e. The van der Waals surface area contributed by atoms with Gasteiger partial charge in [0.15, 0.2) is 0 Å². The molecule has 0 aliphatic rings. The van der Waals surface area contributed by atoms with Crippen LogP contribution in [0.2, 0.25) is 0 Å². The lowest BCUT2D eigenvalue weighted by Gasteiger charge is -2.27. The Morgan fingerprint density at radius 3 is 1.19 bits per heavy atom. The van der Waals surface area contributed by atoms with Crippen molar-refractivity contribution in [3.8, 4) is 11.8 Å². The first-order valence-corrected chi connectivity index (χ1v) is 12.1. The van der Waals surface area contributed by atoms with Crippen molar-refractivity contribution in [2.75, 3.05) is 26.3 Å². The average Bonchev–Trinajstić information content (AvgIpc) is 2.71. The standard InChI is InChI=1S/C26H44N2O8/c1-23(2,21(31)32)13-17-35-25(5,6)11-15-27-19(29)9-10-20(30)28-16-12-26(7,8)36-18-14-24(3,4)22(33)34/h11-18H2,1-8H3,(H,27,29)(H,28,30)(H,31,32)(H,33,34). The number of hydrogen-bond donors (Lipinski definition) is 4. The van der Waals surface area contributed by atoms with Crippen molar-refractivity contribution in [1.82, 2.24) is 10.6 Å². The van der Waals surface area contributed by atoms with Gasteiger partial charge in [0.2, 0.25) is 0 Å². The summed E-state index contributed by atoms with van der Waals surface area (Å²) in [6, 6.07) is 0. The molecule has 0 saturated heterocycles. The Kier molecular flexibility index (Phi) is 13.1. The molecule has 0 saturated carbocycles. The van der Waals surface area contributed by atoms with Crippen LogP contribution >= 0.6 is 0 Å². The Hall–Kier alpha value is -2.64. The highest BCUT2D eigenvalue weighted by molar-refractivity contribution is 6.02. The average molecular weight is 513 g/mol. The van der Waals surface area contributed by atoms with Gasteiger partial charge in [-0.15, -0.1) is 0 Å². The van der Waals surface area contributed by atoms with Crippen LogP contribution in [-0.2, 0) is 28.7 Å². The number of amides is 2. The molecule has 0 rings (SSSR count). The molecule has 36 heavy (non-hydrogen) atoms. The van der Waals surface area contributed by atoms with Gasteiger partial charge in [0, 0.05) is 38.1 Å². The predicted octanol–water partition coefficient (Wildman–Crippen LogP) is 2.59. The van der Waals surface area contributed by atoms with E-state index in [0.29, 0.717) is 25.7 Å². The quantitative estimate of drug-likeness (QED) is 0.230. The number of carboxylic acids is 2. The van der Waals surface area contributed by atoms with Crippen LogP contribution in [0.25, 0.3) is 0 Å². The first-order valence-electron chi connectivity index (χ1n) is 12.1. The van der Waals surface area contributed by atoms with Crippen LogP contribution in [0.1, 0.15) is 81.1 Å². The molecule has 0 bridgehead atoms. The number of rotatable bonds is 16. The van der Waals surface area contributed by atoms with E-state index in [-0.39, 0.29) is 26.3 Å². The summed E-state index contributed by atoms with van der Waals surface area (Å²) in [5, 5.41) is 23.5. The number of nitrogens with one attached hydrogen (secondary N) is 2. The van der Waals surface area contributed by atoms with Gasteiger partial charge in [0.1, 0.15) is 0 Å². The normalized spacial score (nSPS) is 12.3. The molecule has 0 aromatic carbocycles. The molecule has 0 radical (unpaired) electrons. The fourth-order valence-corrected chi connectivity index (χ4v) is 2.68. The number of ether oxygens (including phenoxy) is 2. The molecule has 0 unspecified atom stereocenters. The van der Waals surface area contributed by atoms with Gasteiger partial charge in [-0.3, -0.25) is 19.2 Å². The molecule has 10 nitrogen and oxygen atoms in total. The molecule has 0 spiro atoms. The topological polar surface area (TPSA) is 151 Å². The molecule has 206 valence electrons. The van der Waals surface area contributed by atoms with Gasteiger partial charge in [-0.2, -0.15) is 0 Å². The van der Waals surface area contributed by atoms with Crippen LogP contribution in [0.15, 0.2) is 0 Å². The van der Waals surface area contributed by atoms with Crippen molar-refractivity contribution in [1.29, 1.82) is 0 Å². The molecular formula is C26H44N2O8.